The number of hydrogen-bond acceptors (Lipinski definition) is 5. The lowest BCUT2D eigenvalue weighted by molar-refractivity contribution is 0.0249. The van der Waals surface area contributed by atoms with Gasteiger partial charge in [-0.2, -0.15) is 0 Å². The molecule has 2 saturated heterocycles. The van der Waals surface area contributed by atoms with E-state index < -0.39 is 0 Å². The molecule has 3 heterocycles. The minimum Gasteiger partial charge on any atom is -0.379 e. The molecule has 7 heteroatoms. The summed E-state index contributed by atoms with van der Waals surface area (Å²) in [4.78, 5) is 16.7. The van der Waals surface area contributed by atoms with Gasteiger partial charge in [0.2, 0.25) is 0 Å². The van der Waals surface area contributed by atoms with Crippen LogP contribution in [0.5, 0.6) is 0 Å². The van der Waals surface area contributed by atoms with Crippen molar-refractivity contribution in [3.05, 3.63) is 17.5 Å². The Bertz CT molecular complexity index is 513. The zero-order chi connectivity index (χ0) is 16.1. The highest BCUT2D eigenvalue weighted by Crippen LogP contribution is 2.18. The molecule has 2 amide bonds. The van der Waals surface area contributed by atoms with Gasteiger partial charge in [0.25, 0.3) is 0 Å². The average molecular weight is 322 g/mol. The van der Waals surface area contributed by atoms with Gasteiger partial charge in [-0.05, 0) is 25.7 Å². The predicted molar refractivity (Wildman–Crippen MR) is 85.0 cm³/mol. The highest BCUT2D eigenvalue weighted by Gasteiger charge is 2.25. The maximum atomic E-state index is 12.3. The van der Waals surface area contributed by atoms with Crippen LogP contribution in [-0.2, 0) is 11.3 Å². The van der Waals surface area contributed by atoms with Gasteiger partial charge in [-0.25, -0.2) is 4.79 Å². The minimum atomic E-state index is -0.00858. The molecule has 0 spiro atoms. The maximum absolute atomic E-state index is 12.3. The Hall–Kier alpha value is -1.60. The van der Waals surface area contributed by atoms with Crippen LogP contribution in [0.15, 0.2) is 10.6 Å². The molecule has 23 heavy (non-hydrogen) atoms. The van der Waals surface area contributed by atoms with Crippen LogP contribution in [0, 0.1) is 12.8 Å². The third-order valence-corrected chi connectivity index (χ3v) is 4.52. The van der Waals surface area contributed by atoms with Gasteiger partial charge in [0.1, 0.15) is 0 Å². The molecule has 0 aromatic carbocycles. The van der Waals surface area contributed by atoms with Crippen LogP contribution in [0.3, 0.4) is 0 Å². The Morgan fingerprint density at radius 3 is 2.96 bits per heavy atom. The molecule has 1 atom stereocenters. The second-order valence-electron chi connectivity index (χ2n) is 6.46. The molecule has 2 aliphatic heterocycles. The largest absolute Gasteiger partial charge is 0.379 e. The first-order valence-electron chi connectivity index (χ1n) is 8.46. The molecule has 7 nitrogen and oxygen atoms in total. The molecule has 1 aromatic rings. The van der Waals surface area contributed by atoms with Gasteiger partial charge in [0.05, 0.1) is 25.5 Å². The highest BCUT2D eigenvalue weighted by atomic mass is 16.5. The van der Waals surface area contributed by atoms with E-state index in [1.54, 1.807) is 0 Å². The second kappa shape index (κ2) is 7.79. The van der Waals surface area contributed by atoms with Gasteiger partial charge in [-0.1, -0.05) is 5.16 Å². The van der Waals surface area contributed by atoms with E-state index in [2.05, 4.69) is 15.4 Å². The molecule has 0 bridgehead atoms. The summed E-state index contributed by atoms with van der Waals surface area (Å²) in [6, 6.07) is 1.84. The van der Waals surface area contributed by atoms with Crippen molar-refractivity contribution in [2.75, 3.05) is 45.9 Å². The normalized spacial score (nSPS) is 23.0. The van der Waals surface area contributed by atoms with Crippen LogP contribution >= 0.6 is 0 Å². The molecule has 0 unspecified atom stereocenters. The number of morpholine rings is 1. The standard InChI is InChI=1S/C16H26N4O3/c1-13-9-15(23-18-13)10-17-16(21)20-4-2-3-14(12-20)11-19-5-7-22-8-6-19/h9,14H,2-8,10-12H2,1H3,(H,17,21)/t14-/m1/s1. The van der Waals surface area contributed by atoms with Gasteiger partial charge >= 0.3 is 6.03 Å². The number of carbonyl (C=O) groups is 1. The fraction of sp³-hybridized carbons (Fsp3) is 0.750. The first-order chi connectivity index (χ1) is 11.2. The molecule has 2 fully saturated rings. The Balaban J connectivity index is 1.44. The summed E-state index contributed by atoms with van der Waals surface area (Å²) in [5.41, 5.74) is 0.831. The van der Waals surface area contributed by atoms with E-state index in [9.17, 15) is 4.79 Å². The third kappa shape index (κ3) is 4.68. The van der Waals surface area contributed by atoms with Crippen molar-refractivity contribution in [3.63, 3.8) is 0 Å². The van der Waals surface area contributed by atoms with Crippen molar-refractivity contribution in [2.24, 2.45) is 5.92 Å². The molecular weight excluding hydrogens is 296 g/mol. The molecular formula is C16H26N4O3. The van der Waals surface area contributed by atoms with Gasteiger partial charge in [0, 0.05) is 38.8 Å². The van der Waals surface area contributed by atoms with E-state index in [1.165, 1.54) is 6.42 Å². The number of nitrogens with one attached hydrogen (secondary N) is 1. The lowest BCUT2D eigenvalue weighted by Crippen LogP contribution is -2.48. The number of aryl methyl sites for hydroxylation is 1. The maximum Gasteiger partial charge on any atom is 0.317 e. The number of likely N-dealkylation sites (tertiary alicyclic amines) is 1. The summed E-state index contributed by atoms with van der Waals surface area (Å²) in [7, 11) is 0. The minimum absolute atomic E-state index is 0.00858. The number of amides is 2. The van der Waals surface area contributed by atoms with Crippen molar-refractivity contribution in [1.82, 2.24) is 20.3 Å². The van der Waals surface area contributed by atoms with Gasteiger partial charge in [-0.3, -0.25) is 4.90 Å². The van der Waals surface area contributed by atoms with E-state index in [1.807, 2.05) is 17.9 Å². The summed E-state index contributed by atoms with van der Waals surface area (Å²) in [6.45, 7) is 8.66. The number of rotatable bonds is 4. The number of ether oxygens (including phenoxy) is 1. The summed E-state index contributed by atoms with van der Waals surface area (Å²) in [5.74, 6) is 1.25. The summed E-state index contributed by atoms with van der Waals surface area (Å²) in [5, 5.41) is 6.75. The van der Waals surface area contributed by atoms with Crippen LogP contribution in [0.1, 0.15) is 24.3 Å². The molecule has 1 N–H and O–H groups in total. The smallest absolute Gasteiger partial charge is 0.317 e. The zero-order valence-corrected chi connectivity index (χ0v) is 13.8. The number of urea groups is 1. The van der Waals surface area contributed by atoms with E-state index in [0.717, 1.165) is 58.1 Å². The molecule has 0 radical (unpaired) electrons. The number of carbonyl (C=O) groups excluding carboxylic acids is 1. The lowest BCUT2D eigenvalue weighted by Gasteiger charge is -2.36. The Kier molecular flexibility index (Phi) is 5.51. The first-order valence-corrected chi connectivity index (χ1v) is 8.46. The Labute approximate surface area is 136 Å². The molecule has 2 aliphatic rings. The second-order valence-corrected chi connectivity index (χ2v) is 6.46. The van der Waals surface area contributed by atoms with E-state index >= 15 is 0 Å². The SMILES string of the molecule is Cc1cc(CNC(=O)N2CCC[C@H](CN3CCOCC3)C2)on1. The molecule has 1 aromatic heterocycles. The van der Waals surface area contributed by atoms with Crippen molar-refractivity contribution in [1.29, 1.82) is 0 Å². The summed E-state index contributed by atoms with van der Waals surface area (Å²) in [6.07, 6.45) is 2.27. The van der Waals surface area contributed by atoms with Gasteiger partial charge in [0.15, 0.2) is 5.76 Å². The van der Waals surface area contributed by atoms with Crippen LogP contribution in [0.4, 0.5) is 4.79 Å². The first kappa shape index (κ1) is 16.3. The Morgan fingerprint density at radius 2 is 2.22 bits per heavy atom. The van der Waals surface area contributed by atoms with Crippen LogP contribution in [-0.4, -0.2) is 66.9 Å². The Morgan fingerprint density at radius 1 is 1.39 bits per heavy atom. The number of hydrogen-bond donors (Lipinski definition) is 1. The van der Waals surface area contributed by atoms with E-state index in [-0.39, 0.29) is 6.03 Å². The average Bonchev–Trinajstić information content (AvgIpc) is 2.99. The van der Waals surface area contributed by atoms with Crippen molar-refractivity contribution >= 4 is 6.03 Å². The number of aromatic nitrogens is 1. The van der Waals surface area contributed by atoms with E-state index in [0.29, 0.717) is 18.2 Å². The molecule has 128 valence electrons. The number of nitrogens with zero attached hydrogens (tertiary/aromatic N) is 3. The predicted octanol–water partition coefficient (Wildman–Crippen LogP) is 1.24. The van der Waals surface area contributed by atoms with Crippen LogP contribution < -0.4 is 5.32 Å². The molecule has 0 aliphatic carbocycles. The van der Waals surface area contributed by atoms with Crippen molar-refractivity contribution in [2.45, 2.75) is 26.3 Å². The molecule has 3 rings (SSSR count). The van der Waals surface area contributed by atoms with Gasteiger partial charge in [-0.15, -0.1) is 0 Å². The topological polar surface area (TPSA) is 70.8 Å². The van der Waals surface area contributed by atoms with Crippen LogP contribution in [0.2, 0.25) is 0 Å². The van der Waals surface area contributed by atoms with Crippen molar-refractivity contribution < 1.29 is 14.1 Å². The quantitative estimate of drug-likeness (QED) is 0.903. The van der Waals surface area contributed by atoms with Crippen molar-refractivity contribution in [3.8, 4) is 0 Å². The molecule has 0 saturated carbocycles. The number of piperidine rings is 1. The van der Waals surface area contributed by atoms with E-state index in [4.69, 9.17) is 9.26 Å². The van der Waals surface area contributed by atoms with Gasteiger partial charge < -0.3 is 19.5 Å². The lowest BCUT2D eigenvalue weighted by atomic mass is 9.97. The summed E-state index contributed by atoms with van der Waals surface area (Å²) < 4.78 is 10.5. The zero-order valence-electron chi connectivity index (χ0n) is 13.8. The highest BCUT2D eigenvalue weighted by molar-refractivity contribution is 5.74. The third-order valence-electron chi connectivity index (χ3n) is 4.52. The summed E-state index contributed by atoms with van der Waals surface area (Å²) >= 11 is 0. The fourth-order valence-corrected chi connectivity index (χ4v) is 3.32. The fourth-order valence-electron chi connectivity index (χ4n) is 3.32. The monoisotopic (exact) mass is 322 g/mol. The van der Waals surface area contributed by atoms with Crippen LogP contribution in [0.25, 0.3) is 0 Å².